The summed E-state index contributed by atoms with van der Waals surface area (Å²) in [6.45, 7) is 6.42. The predicted molar refractivity (Wildman–Crippen MR) is 321 cm³/mol. The van der Waals surface area contributed by atoms with Gasteiger partial charge in [-0.05, 0) is 89.9 Å². The number of unbranched alkanes of at least 4 members (excludes halogenated alkanes) is 32. The molecule has 0 spiro atoms. The van der Waals surface area contributed by atoms with Gasteiger partial charge in [-0.25, -0.2) is 0 Å². The van der Waals surface area contributed by atoms with Gasteiger partial charge >= 0.3 is 17.9 Å². The zero-order chi connectivity index (χ0) is 53.6. The van der Waals surface area contributed by atoms with E-state index >= 15 is 0 Å². The van der Waals surface area contributed by atoms with E-state index in [1.54, 1.807) is 0 Å². The smallest absolute Gasteiger partial charge is 0.306 e. The standard InChI is InChI=1S/C68H118O6/c1-4-7-10-13-16-19-22-25-27-29-31-33-34-35-37-38-40-43-46-49-52-55-58-61-67(70)73-64-65(63-72-66(69)60-57-54-51-48-45-42-24-21-18-15-12-9-6-3)74-68(71)62-59-56-53-50-47-44-41-39-36-32-30-28-26-23-20-17-14-11-8-5-2/h7,9-10,12,16,18-19,21,25,27,31,33,42,45,65H,4-6,8,11,13-15,17,20,22-24,26,28-30,32,34-41,43-44,46-64H2,1-3H3/b10-7-,12-9-,19-16-,21-18-,27-25-,33-31-,45-42-. The Morgan fingerprint density at radius 3 is 0.838 bits per heavy atom. The number of esters is 3. The largest absolute Gasteiger partial charge is 0.462 e. The lowest BCUT2D eigenvalue weighted by Crippen LogP contribution is -2.30. The van der Waals surface area contributed by atoms with Crippen molar-refractivity contribution in [3.8, 4) is 0 Å². The molecule has 0 aliphatic rings. The monoisotopic (exact) mass is 1030 g/mol. The fourth-order valence-corrected chi connectivity index (χ4v) is 8.98. The lowest BCUT2D eigenvalue weighted by molar-refractivity contribution is -0.167. The van der Waals surface area contributed by atoms with Crippen molar-refractivity contribution in [1.29, 1.82) is 0 Å². The number of hydrogen-bond donors (Lipinski definition) is 0. The van der Waals surface area contributed by atoms with Crippen LogP contribution < -0.4 is 0 Å². The normalized spacial score (nSPS) is 12.6. The zero-order valence-corrected chi connectivity index (χ0v) is 48.8. The molecule has 0 radical (unpaired) electrons. The van der Waals surface area contributed by atoms with Crippen LogP contribution in [-0.4, -0.2) is 37.2 Å². The van der Waals surface area contributed by atoms with E-state index in [1.807, 2.05) is 0 Å². The summed E-state index contributed by atoms with van der Waals surface area (Å²) < 4.78 is 16.9. The first-order chi connectivity index (χ1) is 36.5. The molecule has 0 aromatic carbocycles. The van der Waals surface area contributed by atoms with Crippen LogP contribution in [0.15, 0.2) is 85.1 Å². The second kappa shape index (κ2) is 62.1. The fraction of sp³-hybridized carbons (Fsp3) is 0.750. The third kappa shape index (κ3) is 59.5. The van der Waals surface area contributed by atoms with Crippen LogP contribution in [0.1, 0.15) is 310 Å². The Hall–Kier alpha value is -3.41. The molecule has 0 rings (SSSR count). The summed E-state index contributed by atoms with van der Waals surface area (Å²) in [6, 6.07) is 0. The average molecular weight is 1030 g/mol. The first kappa shape index (κ1) is 70.6. The Morgan fingerprint density at radius 2 is 0.527 bits per heavy atom. The van der Waals surface area contributed by atoms with Gasteiger partial charge in [0, 0.05) is 19.3 Å². The van der Waals surface area contributed by atoms with Gasteiger partial charge in [-0.2, -0.15) is 0 Å². The molecule has 0 fully saturated rings. The van der Waals surface area contributed by atoms with E-state index in [1.165, 1.54) is 161 Å². The maximum absolute atomic E-state index is 12.9. The summed E-state index contributed by atoms with van der Waals surface area (Å²) in [5.74, 6) is -0.906. The third-order valence-corrected chi connectivity index (χ3v) is 13.6. The molecule has 0 saturated carbocycles. The molecule has 0 aliphatic heterocycles. The molecule has 0 heterocycles. The molecule has 0 bridgehead atoms. The van der Waals surface area contributed by atoms with Crippen LogP contribution in [0.3, 0.4) is 0 Å². The fourth-order valence-electron chi connectivity index (χ4n) is 8.98. The maximum atomic E-state index is 12.9. The maximum Gasteiger partial charge on any atom is 0.306 e. The van der Waals surface area contributed by atoms with Gasteiger partial charge < -0.3 is 14.2 Å². The molecule has 426 valence electrons. The van der Waals surface area contributed by atoms with Gasteiger partial charge in [0.1, 0.15) is 13.2 Å². The van der Waals surface area contributed by atoms with Crippen LogP contribution in [0.4, 0.5) is 0 Å². The zero-order valence-electron chi connectivity index (χ0n) is 48.8. The molecule has 0 N–H and O–H groups in total. The summed E-state index contributed by atoms with van der Waals surface area (Å²) in [5.41, 5.74) is 0. The molecular weight excluding hydrogens is 913 g/mol. The van der Waals surface area contributed by atoms with E-state index in [2.05, 4.69) is 106 Å². The van der Waals surface area contributed by atoms with Crippen LogP contribution in [-0.2, 0) is 28.6 Å². The number of ether oxygens (including phenoxy) is 3. The van der Waals surface area contributed by atoms with Crippen molar-refractivity contribution >= 4 is 17.9 Å². The molecule has 1 unspecified atom stereocenters. The lowest BCUT2D eigenvalue weighted by atomic mass is 10.0. The molecule has 0 aliphatic carbocycles. The quantitative estimate of drug-likeness (QED) is 0.0261. The molecule has 0 aromatic heterocycles. The first-order valence-electron chi connectivity index (χ1n) is 31.6. The van der Waals surface area contributed by atoms with Gasteiger partial charge in [0.2, 0.25) is 0 Å². The molecular formula is C68H118O6. The number of carbonyl (C=O) groups excluding carboxylic acids is 3. The highest BCUT2D eigenvalue weighted by Crippen LogP contribution is 2.17. The average Bonchev–Trinajstić information content (AvgIpc) is 3.40. The Bertz CT molecular complexity index is 1420. The van der Waals surface area contributed by atoms with Crippen molar-refractivity contribution in [3.05, 3.63) is 85.1 Å². The molecule has 0 amide bonds. The Labute approximate surface area is 458 Å². The van der Waals surface area contributed by atoms with Gasteiger partial charge in [-0.15, -0.1) is 0 Å². The Balaban J connectivity index is 4.33. The van der Waals surface area contributed by atoms with Crippen molar-refractivity contribution in [1.82, 2.24) is 0 Å². The second-order valence-electron chi connectivity index (χ2n) is 20.9. The van der Waals surface area contributed by atoms with E-state index in [0.29, 0.717) is 19.3 Å². The van der Waals surface area contributed by atoms with Crippen LogP contribution in [0, 0.1) is 0 Å². The number of allylic oxidation sites excluding steroid dienone is 14. The van der Waals surface area contributed by atoms with E-state index in [4.69, 9.17) is 14.2 Å². The molecule has 6 nitrogen and oxygen atoms in total. The second-order valence-corrected chi connectivity index (χ2v) is 20.9. The predicted octanol–water partition coefficient (Wildman–Crippen LogP) is 21.5. The van der Waals surface area contributed by atoms with E-state index < -0.39 is 6.10 Å². The van der Waals surface area contributed by atoms with Gasteiger partial charge in [0.15, 0.2) is 6.10 Å². The highest BCUT2D eigenvalue weighted by molar-refractivity contribution is 5.71. The van der Waals surface area contributed by atoms with E-state index in [9.17, 15) is 14.4 Å². The molecule has 74 heavy (non-hydrogen) atoms. The van der Waals surface area contributed by atoms with Crippen LogP contribution in [0.2, 0.25) is 0 Å². The molecule has 1 atom stereocenters. The summed E-state index contributed by atoms with van der Waals surface area (Å²) in [7, 11) is 0. The third-order valence-electron chi connectivity index (χ3n) is 13.6. The van der Waals surface area contributed by atoms with Crippen molar-refractivity contribution in [3.63, 3.8) is 0 Å². The van der Waals surface area contributed by atoms with Gasteiger partial charge in [0.05, 0.1) is 0 Å². The Morgan fingerprint density at radius 1 is 0.284 bits per heavy atom. The number of rotatable bonds is 57. The van der Waals surface area contributed by atoms with Crippen LogP contribution >= 0.6 is 0 Å². The molecule has 0 saturated heterocycles. The van der Waals surface area contributed by atoms with Crippen molar-refractivity contribution in [2.75, 3.05) is 13.2 Å². The van der Waals surface area contributed by atoms with Crippen molar-refractivity contribution in [2.24, 2.45) is 0 Å². The number of carbonyl (C=O) groups is 3. The van der Waals surface area contributed by atoms with E-state index in [0.717, 1.165) is 109 Å². The summed E-state index contributed by atoms with van der Waals surface area (Å²) in [4.78, 5) is 38.3. The van der Waals surface area contributed by atoms with Crippen molar-refractivity contribution < 1.29 is 28.6 Å². The summed E-state index contributed by atoms with van der Waals surface area (Å²) in [5, 5.41) is 0. The highest BCUT2D eigenvalue weighted by Gasteiger charge is 2.19. The van der Waals surface area contributed by atoms with Gasteiger partial charge in [-0.3, -0.25) is 14.4 Å². The Kier molecular flexibility index (Phi) is 59.3. The van der Waals surface area contributed by atoms with E-state index in [-0.39, 0.29) is 31.1 Å². The summed E-state index contributed by atoms with van der Waals surface area (Å²) in [6.07, 6.45) is 81.6. The van der Waals surface area contributed by atoms with Gasteiger partial charge in [0.25, 0.3) is 0 Å². The minimum atomic E-state index is -0.790. The minimum absolute atomic E-state index is 0.0858. The highest BCUT2D eigenvalue weighted by atomic mass is 16.6. The number of hydrogen-bond acceptors (Lipinski definition) is 6. The van der Waals surface area contributed by atoms with Gasteiger partial charge in [-0.1, -0.05) is 286 Å². The van der Waals surface area contributed by atoms with Crippen LogP contribution in [0.25, 0.3) is 0 Å². The first-order valence-corrected chi connectivity index (χ1v) is 31.6. The molecule has 0 aromatic rings. The summed E-state index contributed by atoms with van der Waals surface area (Å²) >= 11 is 0. The SMILES string of the molecule is CC/C=C\C/C=C\C/C=C\C/C=C\CCCCCCCCCCCCC(=O)OCC(COC(=O)CCCCC/C=C\C/C=C\C/C=C\CC)OC(=O)CCCCCCCCCCCCCCCCCCCCCC. The molecule has 6 heteroatoms. The lowest BCUT2D eigenvalue weighted by Gasteiger charge is -2.18. The topological polar surface area (TPSA) is 78.9 Å². The van der Waals surface area contributed by atoms with Crippen molar-refractivity contribution in [2.45, 2.75) is 316 Å². The van der Waals surface area contributed by atoms with Crippen LogP contribution in [0.5, 0.6) is 0 Å². The minimum Gasteiger partial charge on any atom is -0.462 e.